The predicted molar refractivity (Wildman–Crippen MR) is 131 cm³/mol. The summed E-state index contributed by atoms with van der Waals surface area (Å²) >= 11 is 8.72. The van der Waals surface area contributed by atoms with Gasteiger partial charge in [0.1, 0.15) is 11.6 Å². The average molecular weight is 495 g/mol. The summed E-state index contributed by atoms with van der Waals surface area (Å²) in [7, 11) is 1.53. The number of carbonyl (C=O) groups is 1. The summed E-state index contributed by atoms with van der Waals surface area (Å²) in [4.78, 5) is 20.6. The highest BCUT2D eigenvalue weighted by atomic mass is 79.9. The molecular formula is C23H19BrN4O2S. The smallest absolute Gasteiger partial charge is 0.261 e. The minimum absolute atomic E-state index is 0.196. The number of fused-ring (bicyclic) bond motifs is 1. The molecule has 3 N–H and O–H groups in total. The number of aromatic amines is 1. The van der Waals surface area contributed by atoms with Crippen molar-refractivity contribution in [2.75, 3.05) is 12.4 Å². The van der Waals surface area contributed by atoms with Crippen LogP contribution >= 0.6 is 28.1 Å². The van der Waals surface area contributed by atoms with Gasteiger partial charge in [-0.05, 0) is 73.2 Å². The third kappa shape index (κ3) is 4.60. The number of amides is 1. The number of nitrogens with zero attached hydrogens (tertiary/aromatic N) is 1. The van der Waals surface area contributed by atoms with Crippen molar-refractivity contribution >= 4 is 55.9 Å². The quantitative estimate of drug-likeness (QED) is 0.329. The van der Waals surface area contributed by atoms with E-state index in [2.05, 4.69) is 36.5 Å². The van der Waals surface area contributed by atoms with Crippen LogP contribution in [-0.4, -0.2) is 28.1 Å². The van der Waals surface area contributed by atoms with E-state index < -0.39 is 0 Å². The molecule has 3 aromatic carbocycles. The zero-order chi connectivity index (χ0) is 22.0. The van der Waals surface area contributed by atoms with Crippen molar-refractivity contribution in [1.82, 2.24) is 15.3 Å². The fourth-order valence-corrected chi connectivity index (χ4v) is 4.09. The van der Waals surface area contributed by atoms with Gasteiger partial charge in [-0.2, -0.15) is 0 Å². The van der Waals surface area contributed by atoms with Gasteiger partial charge in [0.15, 0.2) is 5.11 Å². The number of halogens is 1. The van der Waals surface area contributed by atoms with Crippen LogP contribution in [0, 0.1) is 6.92 Å². The molecule has 0 saturated heterocycles. The first kappa shape index (κ1) is 21.0. The molecule has 0 saturated carbocycles. The number of para-hydroxylation sites is 2. The van der Waals surface area contributed by atoms with Crippen LogP contribution in [0.5, 0.6) is 5.75 Å². The number of methoxy groups -OCH3 is 1. The maximum atomic E-state index is 12.7. The lowest BCUT2D eigenvalue weighted by Gasteiger charge is -2.14. The van der Waals surface area contributed by atoms with Gasteiger partial charge in [-0.1, -0.05) is 28.1 Å². The van der Waals surface area contributed by atoms with Crippen molar-refractivity contribution in [1.29, 1.82) is 0 Å². The maximum Gasteiger partial charge on any atom is 0.261 e. The molecule has 1 aromatic heterocycles. The fraction of sp³-hybridized carbons (Fsp3) is 0.0870. The molecule has 156 valence electrons. The van der Waals surface area contributed by atoms with E-state index in [9.17, 15) is 4.79 Å². The molecular weight excluding hydrogens is 476 g/mol. The number of aryl methyl sites for hydroxylation is 1. The maximum absolute atomic E-state index is 12.7. The number of nitrogens with one attached hydrogen (secondary N) is 3. The minimum Gasteiger partial charge on any atom is -0.496 e. The lowest BCUT2D eigenvalue weighted by molar-refractivity contribution is 0.0974. The zero-order valence-electron chi connectivity index (χ0n) is 16.8. The first-order valence-electron chi connectivity index (χ1n) is 9.46. The molecule has 4 aromatic rings. The van der Waals surface area contributed by atoms with E-state index in [1.165, 1.54) is 7.11 Å². The summed E-state index contributed by atoms with van der Waals surface area (Å²) in [6, 6.07) is 19.1. The Bertz CT molecular complexity index is 1250. The van der Waals surface area contributed by atoms with Gasteiger partial charge in [-0.3, -0.25) is 10.1 Å². The predicted octanol–water partition coefficient (Wildman–Crippen LogP) is 5.44. The van der Waals surface area contributed by atoms with E-state index >= 15 is 0 Å². The van der Waals surface area contributed by atoms with Crippen LogP contribution in [0.3, 0.4) is 0 Å². The number of rotatable bonds is 4. The molecule has 4 rings (SSSR count). The molecule has 0 aliphatic heterocycles. The second kappa shape index (κ2) is 8.87. The number of benzene rings is 3. The summed E-state index contributed by atoms with van der Waals surface area (Å²) < 4.78 is 6.16. The average Bonchev–Trinajstić information content (AvgIpc) is 3.18. The number of H-pyrrole nitrogens is 1. The minimum atomic E-state index is -0.349. The van der Waals surface area contributed by atoms with Gasteiger partial charge < -0.3 is 15.0 Å². The summed E-state index contributed by atoms with van der Waals surface area (Å²) in [5, 5.41) is 5.93. The summed E-state index contributed by atoms with van der Waals surface area (Å²) in [6.07, 6.45) is 0. The van der Waals surface area contributed by atoms with Crippen LogP contribution in [-0.2, 0) is 0 Å². The van der Waals surface area contributed by atoms with E-state index in [0.29, 0.717) is 11.3 Å². The van der Waals surface area contributed by atoms with Crippen LogP contribution in [0.25, 0.3) is 22.4 Å². The van der Waals surface area contributed by atoms with Crippen LogP contribution < -0.4 is 15.4 Å². The van der Waals surface area contributed by atoms with Gasteiger partial charge >= 0.3 is 0 Å². The van der Waals surface area contributed by atoms with Crippen molar-refractivity contribution in [2.24, 2.45) is 0 Å². The second-order valence-corrected chi connectivity index (χ2v) is 8.22. The Morgan fingerprint density at radius 2 is 1.87 bits per heavy atom. The highest BCUT2D eigenvalue weighted by molar-refractivity contribution is 9.10. The van der Waals surface area contributed by atoms with Gasteiger partial charge in [0.2, 0.25) is 0 Å². The Morgan fingerprint density at radius 3 is 2.58 bits per heavy atom. The largest absolute Gasteiger partial charge is 0.496 e. The third-order valence-electron chi connectivity index (χ3n) is 4.72. The van der Waals surface area contributed by atoms with Gasteiger partial charge in [-0.25, -0.2) is 4.98 Å². The van der Waals surface area contributed by atoms with Gasteiger partial charge in [0.05, 0.1) is 23.7 Å². The number of ether oxygens (including phenoxy) is 1. The lowest BCUT2D eigenvalue weighted by atomic mass is 10.1. The molecule has 1 heterocycles. The number of aromatic nitrogens is 2. The lowest BCUT2D eigenvalue weighted by Crippen LogP contribution is -2.34. The van der Waals surface area contributed by atoms with Crippen molar-refractivity contribution in [3.63, 3.8) is 0 Å². The molecule has 0 fully saturated rings. The van der Waals surface area contributed by atoms with E-state index in [0.717, 1.165) is 38.1 Å². The van der Waals surface area contributed by atoms with E-state index in [-0.39, 0.29) is 11.0 Å². The molecule has 1 amide bonds. The van der Waals surface area contributed by atoms with E-state index in [1.54, 1.807) is 6.07 Å². The molecule has 0 aliphatic carbocycles. The number of carbonyl (C=O) groups excluding carboxylic acids is 1. The monoisotopic (exact) mass is 494 g/mol. The second-order valence-electron chi connectivity index (χ2n) is 6.89. The van der Waals surface area contributed by atoms with Crippen LogP contribution in [0.4, 0.5) is 5.69 Å². The number of hydrogen-bond donors (Lipinski definition) is 3. The molecule has 0 aliphatic rings. The van der Waals surface area contributed by atoms with Crippen molar-refractivity contribution in [3.8, 4) is 17.1 Å². The van der Waals surface area contributed by atoms with Crippen molar-refractivity contribution in [3.05, 3.63) is 76.3 Å². The Labute approximate surface area is 193 Å². The highest BCUT2D eigenvalue weighted by Gasteiger charge is 2.17. The molecule has 8 heteroatoms. The Morgan fingerprint density at radius 1 is 1.13 bits per heavy atom. The van der Waals surface area contributed by atoms with Gasteiger partial charge in [0.25, 0.3) is 5.91 Å². The third-order valence-corrected chi connectivity index (χ3v) is 5.38. The fourth-order valence-electron chi connectivity index (χ4n) is 3.30. The normalized spacial score (nSPS) is 10.7. The van der Waals surface area contributed by atoms with Crippen LogP contribution in [0.1, 0.15) is 15.9 Å². The van der Waals surface area contributed by atoms with Crippen LogP contribution in [0.2, 0.25) is 0 Å². The Kier molecular flexibility index (Phi) is 6.01. The molecule has 0 spiro atoms. The SMILES string of the molecule is COc1c(C)cc(Br)cc1C(=O)NC(=S)Nc1ccc(-c2nc3ccccc3[nH]2)cc1. The van der Waals surface area contributed by atoms with Gasteiger partial charge in [-0.15, -0.1) is 0 Å². The topological polar surface area (TPSA) is 79.0 Å². The van der Waals surface area contributed by atoms with E-state index in [4.69, 9.17) is 17.0 Å². The molecule has 31 heavy (non-hydrogen) atoms. The number of imidazole rings is 1. The molecule has 0 bridgehead atoms. The number of hydrogen-bond acceptors (Lipinski definition) is 4. The Hall–Kier alpha value is -3.23. The van der Waals surface area contributed by atoms with Gasteiger partial charge in [0, 0.05) is 15.7 Å². The summed E-state index contributed by atoms with van der Waals surface area (Å²) in [6.45, 7) is 1.88. The van der Waals surface area contributed by atoms with Crippen molar-refractivity contribution in [2.45, 2.75) is 6.92 Å². The molecule has 0 atom stereocenters. The highest BCUT2D eigenvalue weighted by Crippen LogP contribution is 2.28. The molecule has 0 radical (unpaired) electrons. The van der Waals surface area contributed by atoms with Crippen molar-refractivity contribution < 1.29 is 9.53 Å². The summed E-state index contributed by atoms with van der Waals surface area (Å²) in [5.74, 6) is 0.956. The zero-order valence-corrected chi connectivity index (χ0v) is 19.2. The number of thiocarbonyl (C=S) groups is 1. The summed E-state index contributed by atoms with van der Waals surface area (Å²) in [5.41, 5.74) is 4.86. The molecule has 6 nitrogen and oxygen atoms in total. The Balaban J connectivity index is 1.45. The number of anilines is 1. The first-order valence-corrected chi connectivity index (χ1v) is 10.7. The standard InChI is InChI=1S/C23H19BrN4O2S/c1-13-11-15(24)12-17(20(13)30-2)22(29)28-23(31)25-16-9-7-14(8-10-16)21-26-18-5-3-4-6-19(18)27-21/h3-12H,1-2H3,(H,26,27)(H2,25,28,29,31). The first-order chi connectivity index (χ1) is 14.9. The van der Waals surface area contributed by atoms with E-state index in [1.807, 2.05) is 61.5 Å². The molecule has 0 unspecified atom stereocenters. The van der Waals surface area contributed by atoms with Crippen LogP contribution in [0.15, 0.2) is 65.1 Å².